The molecule has 0 amide bonds. The second kappa shape index (κ2) is 7.65. The molecule has 3 nitrogen and oxygen atoms in total. The maximum atomic E-state index is 11.7. The Morgan fingerprint density at radius 1 is 1.40 bits per heavy atom. The molecule has 25 heavy (non-hydrogen) atoms. The largest absolute Gasteiger partial charge is 0.462 e. The number of aliphatic hydroxyl groups is 1. The van der Waals surface area contributed by atoms with Gasteiger partial charge in [0.15, 0.2) is 0 Å². The van der Waals surface area contributed by atoms with Crippen molar-refractivity contribution in [3.05, 3.63) is 24.8 Å². The Bertz CT molecular complexity index is 521. The van der Waals surface area contributed by atoms with Crippen LogP contribution in [0.5, 0.6) is 0 Å². The second-order valence-corrected chi connectivity index (χ2v) is 9.14. The first kappa shape index (κ1) is 20.2. The molecule has 2 aliphatic rings. The number of aliphatic hydroxyl groups excluding tert-OH is 1. The summed E-state index contributed by atoms with van der Waals surface area (Å²) in [5.41, 5.74) is 1.41. The van der Waals surface area contributed by atoms with E-state index >= 15 is 0 Å². The van der Waals surface area contributed by atoms with E-state index in [4.69, 9.17) is 4.74 Å². The van der Waals surface area contributed by atoms with E-state index in [2.05, 4.69) is 33.9 Å². The average Bonchev–Trinajstić information content (AvgIpc) is 2.44. The Morgan fingerprint density at radius 3 is 2.68 bits per heavy atom. The number of fused-ring (bicyclic) bond motifs is 1. The van der Waals surface area contributed by atoms with Gasteiger partial charge in [0.1, 0.15) is 6.10 Å². The maximum Gasteiger partial charge on any atom is 0.302 e. The first-order valence-corrected chi connectivity index (χ1v) is 9.75. The van der Waals surface area contributed by atoms with Crippen LogP contribution in [0.3, 0.4) is 0 Å². The van der Waals surface area contributed by atoms with Gasteiger partial charge < -0.3 is 9.84 Å². The van der Waals surface area contributed by atoms with Gasteiger partial charge in [-0.3, -0.25) is 4.79 Å². The number of rotatable bonds is 6. The highest BCUT2D eigenvalue weighted by atomic mass is 16.5. The van der Waals surface area contributed by atoms with E-state index < -0.39 is 0 Å². The first-order valence-electron chi connectivity index (χ1n) is 9.75. The molecule has 0 aliphatic heterocycles. The third kappa shape index (κ3) is 4.19. The molecule has 0 radical (unpaired) electrons. The van der Waals surface area contributed by atoms with Crippen LogP contribution in [0.15, 0.2) is 24.8 Å². The van der Waals surface area contributed by atoms with Crippen LogP contribution in [0.2, 0.25) is 0 Å². The molecule has 0 unspecified atom stereocenters. The molecule has 0 spiro atoms. The van der Waals surface area contributed by atoms with E-state index in [1.165, 1.54) is 25.3 Å². The van der Waals surface area contributed by atoms with E-state index in [1.807, 2.05) is 0 Å². The van der Waals surface area contributed by atoms with Crippen molar-refractivity contribution >= 4 is 5.97 Å². The molecule has 2 aliphatic carbocycles. The molecule has 3 heteroatoms. The number of esters is 1. The van der Waals surface area contributed by atoms with Crippen molar-refractivity contribution in [3.8, 4) is 0 Å². The molecule has 0 heterocycles. The zero-order valence-electron chi connectivity index (χ0n) is 16.5. The van der Waals surface area contributed by atoms with Crippen molar-refractivity contribution in [2.24, 2.45) is 22.7 Å². The van der Waals surface area contributed by atoms with Crippen LogP contribution in [-0.4, -0.2) is 23.3 Å². The normalized spacial score (nSPS) is 35.6. The molecule has 5 atom stereocenters. The number of carbonyl (C=O) groups excluding carboxylic acids is 1. The lowest BCUT2D eigenvalue weighted by Crippen LogP contribution is -2.56. The van der Waals surface area contributed by atoms with E-state index in [0.29, 0.717) is 18.3 Å². The monoisotopic (exact) mass is 348 g/mol. The first-order chi connectivity index (χ1) is 11.6. The van der Waals surface area contributed by atoms with Crippen LogP contribution >= 0.6 is 0 Å². The molecule has 2 saturated carbocycles. The Balaban J connectivity index is 2.28. The molecule has 0 aromatic rings. The predicted octanol–water partition coefficient (Wildman–Crippen LogP) is 5.04. The fourth-order valence-corrected chi connectivity index (χ4v) is 5.96. The van der Waals surface area contributed by atoms with Gasteiger partial charge in [0.2, 0.25) is 0 Å². The summed E-state index contributed by atoms with van der Waals surface area (Å²) in [6.45, 7) is 16.6. The van der Waals surface area contributed by atoms with Crippen molar-refractivity contribution in [2.75, 3.05) is 0 Å². The van der Waals surface area contributed by atoms with Gasteiger partial charge in [0, 0.05) is 19.3 Å². The van der Waals surface area contributed by atoms with Gasteiger partial charge in [-0.15, -0.1) is 6.58 Å². The molecule has 0 aromatic heterocycles. The molecule has 2 rings (SSSR count). The summed E-state index contributed by atoms with van der Waals surface area (Å²) in [6.07, 6.45) is 8.02. The van der Waals surface area contributed by atoms with Crippen LogP contribution < -0.4 is 0 Å². The van der Waals surface area contributed by atoms with Gasteiger partial charge in [-0.1, -0.05) is 45.4 Å². The third-order valence-electron chi connectivity index (χ3n) is 6.76. The molecular weight excluding hydrogens is 312 g/mol. The van der Waals surface area contributed by atoms with Crippen molar-refractivity contribution in [3.63, 3.8) is 0 Å². The Labute approximate surface area is 153 Å². The topological polar surface area (TPSA) is 46.5 Å². The summed E-state index contributed by atoms with van der Waals surface area (Å²) in [5, 5.41) is 10.1. The highest BCUT2D eigenvalue weighted by molar-refractivity contribution is 5.66. The smallest absolute Gasteiger partial charge is 0.302 e. The quantitative estimate of drug-likeness (QED) is 0.540. The molecular formula is C22H36O3. The summed E-state index contributed by atoms with van der Waals surface area (Å²) >= 11 is 0. The number of hydrogen-bond donors (Lipinski definition) is 1. The zero-order valence-corrected chi connectivity index (χ0v) is 16.5. The van der Waals surface area contributed by atoms with Gasteiger partial charge in [-0.2, -0.15) is 0 Å². The standard InChI is InChI=1S/C22H36O3/c1-7-9-17(24)10-11-18-15(2)14-19(25-16(3)23)20-21(4,5)12-8-13-22(18,20)6/h7,17-20,24H,1-2,8-14H2,3-6H3/t17-,18+,19+,20+,22-/m1/s1. The lowest BCUT2D eigenvalue weighted by molar-refractivity contribution is -0.171. The molecule has 0 saturated heterocycles. The van der Waals surface area contributed by atoms with Gasteiger partial charge >= 0.3 is 5.97 Å². The van der Waals surface area contributed by atoms with Crippen LogP contribution in [0.4, 0.5) is 0 Å². The van der Waals surface area contributed by atoms with E-state index in [9.17, 15) is 9.90 Å². The fourth-order valence-electron chi connectivity index (χ4n) is 5.96. The van der Waals surface area contributed by atoms with Crippen molar-refractivity contribution in [2.45, 2.75) is 84.8 Å². The third-order valence-corrected chi connectivity index (χ3v) is 6.76. The van der Waals surface area contributed by atoms with Crippen LogP contribution in [0.25, 0.3) is 0 Å². The highest BCUT2D eigenvalue weighted by Gasteiger charge is 2.57. The number of carbonyl (C=O) groups is 1. The summed E-state index contributed by atoms with van der Waals surface area (Å²) < 4.78 is 5.78. The van der Waals surface area contributed by atoms with E-state index in [0.717, 1.165) is 25.7 Å². The minimum atomic E-state index is -0.324. The van der Waals surface area contributed by atoms with Gasteiger partial charge in [-0.05, 0) is 48.9 Å². The summed E-state index contributed by atoms with van der Waals surface area (Å²) in [7, 11) is 0. The van der Waals surface area contributed by atoms with Gasteiger partial charge in [-0.25, -0.2) is 0 Å². The van der Waals surface area contributed by atoms with Crippen LogP contribution in [-0.2, 0) is 9.53 Å². The number of hydrogen-bond acceptors (Lipinski definition) is 3. The van der Waals surface area contributed by atoms with E-state index in [1.54, 1.807) is 6.08 Å². The SMILES string of the molecule is C=CC[C@@H](O)CC[C@H]1C(=C)C[C@H](OC(C)=O)[C@H]2C(C)(C)CCC[C@]12C. The lowest BCUT2D eigenvalue weighted by atomic mass is 9.46. The molecule has 0 aromatic carbocycles. The predicted molar refractivity (Wildman–Crippen MR) is 102 cm³/mol. The fraction of sp³-hybridized carbons (Fsp3) is 0.773. The molecule has 2 fully saturated rings. The Hall–Kier alpha value is -1.09. The second-order valence-electron chi connectivity index (χ2n) is 9.14. The average molecular weight is 349 g/mol. The molecule has 142 valence electrons. The van der Waals surface area contributed by atoms with Crippen molar-refractivity contribution < 1.29 is 14.6 Å². The summed E-state index contributed by atoms with van der Waals surface area (Å²) in [5.74, 6) is 0.523. The minimum Gasteiger partial charge on any atom is -0.462 e. The van der Waals surface area contributed by atoms with Crippen LogP contribution in [0, 0.1) is 22.7 Å². The Kier molecular flexibility index (Phi) is 6.19. The lowest BCUT2D eigenvalue weighted by Gasteiger charge is -2.60. The summed E-state index contributed by atoms with van der Waals surface area (Å²) in [4.78, 5) is 11.7. The zero-order chi connectivity index (χ0) is 18.8. The van der Waals surface area contributed by atoms with Crippen molar-refractivity contribution in [1.82, 2.24) is 0 Å². The highest BCUT2D eigenvalue weighted by Crippen LogP contribution is 2.62. The van der Waals surface area contributed by atoms with Crippen molar-refractivity contribution in [1.29, 1.82) is 0 Å². The van der Waals surface area contributed by atoms with Gasteiger partial charge in [0.05, 0.1) is 6.10 Å². The van der Waals surface area contributed by atoms with Gasteiger partial charge in [0.25, 0.3) is 0 Å². The Morgan fingerprint density at radius 2 is 2.08 bits per heavy atom. The summed E-state index contributed by atoms with van der Waals surface area (Å²) in [6, 6.07) is 0. The molecule has 1 N–H and O–H groups in total. The van der Waals surface area contributed by atoms with E-state index in [-0.39, 0.29) is 29.0 Å². The molecule has 0 bridgehead atoms. The number of ether oxygens (including phenoxy) is 1. The maximum absolute atomic E-state index is 11.7. The minimum absolute atomic E-state index is 0.0698. The van der Waals surface area contributed by atoms with Crippen LogP contribution in [0.1, 0.15) is 72.6 Å².